The van der Waals surface area contributed by atoms with Gasteiger partial charge in [-0.05, 0) is 25.8 Å². The quantitative estimate of drug-likeness (QED) is 0.948. The predicted molar refractivity (Wildman–Crippen MR) is 70.4 cm³/mol. The molecule has 0 aliphatic carbocycles. The van der Waals surface area contributed by atoms with E-state index >= 15 is 0 Å². The van der Waals surface area contributed by atoms with E-state index in [2.05, 4.69) is 10.1 Å². The minimum absolute atomic E-state index is 0.431. The first-order chi connectivity index (χ1) is 9.20. The Balaban J connectivity index is 2.20. The summed E-state index contributed by atoms with van der Waals surface area (Å²) in [6.07, 6.45) is -2.76. The summed E-state index contributed by atoms with van der Waals surface area (Å²) in [5.41, 5.74) is 8.79. The van der Waals surface area contributed by atoms with E-state index in [1.165, 1.54) is 6.20 Å². The van der Waals surface area contributed by atoms with Crippen LogP contribution in [0.4, 0.5) is 13.2 Å². The molecule has 2 N–H and O–H groups in total. The van der Waals surface area contributed by atoms with Gasteiger partial charge >= 0.3 is 6.18 Å². The van der Waals surface area contributed by atoms with E-state index < -0.39 is 17.2 Å². The van der Waals surface area contributed by atoms with Crippen molar-refractivity contribution in [2.75, 3.05) is 0 Å². The molecule has 0 fully saturated rings. The summed E-state index contributed by atoms with van der Waals surface area (Å²) >= 11 is 0.597. The van der Waals surface area contributed by atoms with Gasteiger partial charge in [0, 0.05) is 29.9 Å². The molecule has 0 spiro atoms. The Kier molecular flexibility index (Phi) is 3.88. The number of aromatic nitrogens is 3. The summed E-state index contributed by atoms with van der Waals surface area (Å²) in [4.78, 5) is 3.82. The van der Waals surface area contributed by atoms with Gasteiger partial charge in [-0.3, -0.25) is 4.68 Å². The van der Waals surface area contributed by atoms with Crippen molar-refractivity contribution in [1.29, 1.82) is 0 Å². The molecule has 4 nitrogen and oxygen atoms in total. The van der Waals surface area contributed by atoms with Crippen LogP contribution in [0.5, 0.6) is 0 Å². The SMILES string of the molecule is Cc1nn(C)c(C)c1CC(N)c1cnc(C(F)(F)F)s1. The lowest BCUT2D eigenvalue weighted by Crippen LogP contribution is -2.13. The molecule has 2 rings (SSSR count). The van der Waals surface area contributed by atoms with Crippen LogP contribution in [0.3, 0.4) is 0 Å². The number of halogens is 3. The van der Waals surface area contributed by atoms with Crippen LogP contribution < -0.4 is 5.73 Å². The molecule has 110 valence electrons. The molecule has 20 heavy (non-hydrogen) atoms. The van der Waals surface area contributed by atoms with E-state index in [1.54, 1.807) is 4.68 Å². The summed E-state index contributed by atoms with van der Waals surface area (Å²) in [5.74, 6) is 0. The molecule has 0 aromatic carbocycles. The highest BCUT2D eigenvalue weighted by Crippen LogP contribution is 2.34. The number of nitrogens with two attached hydrogens (primary N) is 1. The summed E-state index contributed by atoms with van der Waals surface area (Å²) < 4.78 is 39.3. The zero-order valence-electron chi connectivity index (χ0n) is 11.3. The van der Waals surface area contributed by atoms with E-state index in [9.17, 15) is 13.2 Å². The van der Waals surface area contributed by atoms with Crippen LogP contribution in [0.2, 0.25) is 0 Å². The van der Waals surface area contributed by atoms with Crippen LogP contribution in [-0.4, -0.2) is 14.8 Å². The highest BCUT2D eigenvalue weighted by atomic mass is 32.1. The first-order valence-electron chi connectivity index (χ1n) is 5.97. The Morgan fingerprint density at radius 3 is 2.50 bits per heavy atom. The van der Waals surface area contributed by atoms with Crippen LogP contribution in [-0.2, 0) is 19.6 Å². The van der Waals surface area contributed by atoms with Gasteiger partial charge in [-0.2, -0.15) is 18.3 Å². The number of alkyl halides is 3. The van der Waals surface area contributed by atoms with E-state index in [1.807, 2.05) is 20.9 Å². The Hall–Kier alpha value is -1.41. The molecule has 2 aromatic rings. The van der Waals surface area contributed by atoms with Crippen LogP contribution in [0.1, 0.15) is 32.9 Å². The number of hydrogen-bond acceptors (Lipinski definition) is 4. The van der Waals surface area contributed by atoms with Crippen molar-refractivity contribution < 1.29 is 13.2 Å². The monoisotopic (exact) mass is 304 g/mol. The van der Waals surface area contributed by atoms with E-state index in [-0.39, 0.29) is 0 Å². The lowest BCUT2D eigenvalue weighted by molar-refractivity contribution is -0.137. The zero-order chi connectivity index (χ0) is 15.1. The maximum atomic E-state index is 12.5. The summed E-state index contributed by atoms with van der Waals surface area (Å²) in [5, 5.41) is 3.41. The van der Waals surface area contributed by atoms with Gasteiger partial charge < -0.3 is 5.73 Å². The molecule has 2 aromatic heterocycles. The fourth-order valence-corrected chi connectivity index (χ4v) is 2.81. The molecule has 0 bridgehead atoms. The van der Waals surface area contributed by atoms with Crippen LogP contribution in [0.15, 0.2) is 6.20 Å². The van der Waals surface area contributed by atoms with Crippen LogP contribution >= 0.6 is 11.3 Å². The summed E-state index contributed by atoms with van der Waals surface area (Å²) in [7, 11) is 1.83. The molecule has 1 unspecified atom stereocenters. The lowest BCUT2D eigenvalue weighted by Gasteiger charge is -2.09. The van der Waals surface area contributed by atoms with Crippen molar-refractivity contribution in [3.8, 4) is 0 Å². The van der Waals surface area contributed by atoms with Gasteiger partial charge in [0.05, 0.1) is 5.69 Å². The molecular formula is C12H15F3N4S. The molecule has 0 radical (unpaired) electrons. The second kappa shape index (κ2) is 5.17. The van der Waals surface area contributed by atoms with Gasteiger partial charge in [0.2, 0.25) is 0 Å². The first-order valence-corrected chi connectivity index (χ1v) is 6.79. The van der Waals surface area contributed by atoms with Crippen molar-refractivity contribution in [2.24, 2.45) is 12.8 Å². The van der Waals surface area contributed by atoms with E-state index in [4.69, 9.17) is 5.73 Å². The molecule has 0 saturated carbocycles. The Bertz CT molecular complexity index is 615. The second-order valence-electron chi connectivity index (χ2n) is 4.65. The molecule has 2 heterocycles. The molecule has 1 atom stereocenters. The zero-order valence-corrected chi connectivity index (χ0v) is 12.1. The minimum atomic E-state index is -4.41. The molecular weight excluding hydrogens is 289 g/mol. The smallest absolute Gasteiger partial charge is 0.323 e. The highest BCUT2D eigenvalue weighted by molar-refractivity contribution is 7.11. The number of rotatable bonds is 3. The van der Waals surface area contributed by atoms with E-state index in [0.29, 0.717) is 22.6 Å². The van der Waals surface area contributed by atoms with Crippen molar-refractivity contribution in [2.45, 2.75) is 32.5 Å². The van der Waals surface area contributed by atoms with Crippen molar-refractivity contribution >= 4 is 11.3 Å². The molecule has 0 aliphatic heterocycles. The Morgan fingerprint density at radius 2 is 2.05 bits per heavy atom. The van der Waals surface area contributed by atoms with Gasteiger partial charge in [-0.1, -0.05) is 0 Å². The van der Waals surface area contributed by atoms with Crippen molar-refractivity contribution in [1.82, 2.24) is 14.8 Å². The third-order valence-corrected chi connectivity index (χ3v) is 4.39. The van der Waals surface area contributed by atoms with Gasteiger partial charge in [0.1, 0.15) is 0 Å². The summed E-state index contributed by atoms with van der Waals surface area (Å²) in [6, 6.07) is -0.509. The second-order valence-corrected chi connectivity index (χ2v) is 5.71. The average Bonchev–Trinajstić information content (AvgIpc) is 2.90. The highest BCUT2D eigenvalue weighted by Gasteiger charge is 2.35. The number of thiazole rings is 1. The van der Waals surface area contributed by atoms with E-state index in [0.717, 1.165) is 17.0 Å². The maximum Gasteiger partial charge on any atom is 0.443 e. The number of nitrogens with zero attached hydrogens (tertiary/aromatic N) is 3. The Morgan fingerprint density at radius 1 is 1.40 bits per heavy atom. The number of aryl methyl sites for hydroxylation is 2. The van der Waals surface area contributed by atoms with Gasteiger partial charge in [0.25, 0.3) is 0 Å². The fraction of sp³-hybridized carbons (Fsp3) is 0.500. The largest absolute Gasteiger partial charge is 0.443 e. The minimum Gasteiger partial charge on any atom is -0.323 e. The third-order valence-electron chi connectivity index (χ3n) is 3.21. The molecule has 8 heteroatoms. The fourth-order valence-electron chi connectivity index (χ4n) is 2.02. The van der Waals surface area contributed by atoms with Crippen LogP contribution in [0, 0.1) is 13.8 Å². The predicted octanol–water partition coefficient (Wildman–Crippen LogP) is 2.75. The van der Waals surface area contributed by atoms with Crippen molar-refractivity contribution in [3.05, 3.63) is 33.0 Å². The molecule has 0 aliphatic rings. The van der Waals surface area contributed by atoms with Gasteiger partial charge in [0.15, 0.2) is 5.01 Å². The standard InChI is InChI=1S/C12H15F3N4S/c1-6-8(7(2)19(3)18-6)4-9(16)10-5-17-11(20-10)12(13,14)15/h5,9H,4,16H2,1-3H3. The maximum absolute atomic E-state index is 12.5. The Labute approximate surface area is 118 Å². The third kappa shape index (κ3) is 2.85. The first kappa shape index (κ1) is 15.0. The number of hydrogen-bond donors (Lipinski definition) is 1. The molecule has 0 amide bonds. The van der Waals surface area contributed by atoms with Crippen molar-refractivity contribution in [3.63, 3.8) is 0 Å². The normalized spacial score (nSPS) is 13.8. The topological polar surface area (TPSA) is 56.7 Å². The molecule has 0 saturated heterocycles. The van der Waals surface area contributed by atoms with Gasteiger partial charge in [-0.15, -0.1) is 11.3 Å². The van der Waals surface area contributed by atoms with Crippen LogP contribution in [0.25, 0.3) is 0 Å². The summed E-state index contributed by atoms with van der Waals surface area (Å²) in [6.45, 7) is 3.78. The average molecular weight is 304 g/mol. The van der Waals surface area contributed by atoms with Gasteiger partial charge in [-0.25, -0.2) is 4.98 Å². The lowest BCUT2D eigenvalue weighted by atomic mass is 10.0.